The summed E-state index contributed by atoms with van der Waals surface area (Å²) in [5.74, 6) is 1.41. The lowest BCUT2D eigenvalue weighted by atomic mass is 9.78. The number of nitrogens with zero attached hydrogens (tertiary/aromatic N) is 1. The average Bonchev–Trinajstić information content (AvgIpc) is 2.52. The summed E-state index contributed by atoms with van der Waals surface area (Å²) in [7, 11) is 0. The van der Waals surface area contributed by atoms with Gasteiger partial charge in [0.15, 0.2) is 5.96 Å². The number of aliphatic imine (C=N–C) groups is 1. The molecule has 142 valence electrons. The first-order valence-electron chi connectivity index (χ1n) is 9.06. The first kappa shape index (κ1) is 22.2. The Bertz CT molecular complexity index is 566. The highest BCUT2D eigenvalue weighted by atomic mass is 127. The number of nitrogens with two attached hydrogens (primary N) is 1. The van der Waals surface area contributed by atoms with Gasteiger partial charge in [-0.1, -0.05) is 46.8 Å². The average molecular weight is 459 g/mol. The van der Waals surface area contributed by atoms with Gasteiger partial charge < -0.3 is 15.8 Å². The van der Waals surface area contributed by atoms with Gasteiger partial charge in [-0.05, 0) is 41.9 Å². The second-order valence-corrected chi connectivity index (χ2v) is 8.19. The molecular weight excluding hydrogens is 425 g/mol. The van der Waals surface area contributed by atoms with Crippen LogP contribution in [0.1, 0.15) is 58.9 Å². The van der Waals surface area contributed by atoms with Gasteiger partial charge in [0.2, 0.25) is 0 Å². The van der Waals surface area contributed by atoms with E-state index in [2.05, 4.69) is 63.1 Å². The van der Waals surface area contributed by atoms with E-state index in [9.17, 15) is 0 Å². The molecule has 1 fully saturated rings. The van der Waals surface area contributed by atoms with Gasteiger partial charge in [0.25, 0.3) is 0 Å². The van der Waals surface area contributed by atoms with E-state index < -0.39 is 0 Å². The zero-order valence-electron chi connectivity index (χ0n) is 16.2. The predicted molar refractivity (Wildman–Crippen MR) is 118 cm³/mol. The summed E-state index contributed by atoms with van der Waals surface area (Å²) in [5, 5.41) is 3.22. The normalized spacial score (nSPS) is 21.8. The number of hydrogen-bond acceptors (Lipinski definition) is 2. The van der Waals surface area contributed by atoms with E-state index in [1.807, 2.05) is 6.07 Å². The monoisotopic (exact) mass is 459 g/mol. The van der Waals surface area contributed by atoms with Crippen LogP contribution in [0.15, 0.2) is 29.3 Å². The van der Waals surface area contributed by atoms with Crippen LogP contribution in [-0.4, -0.2) is 25.2 Å². The maximum atomic E-state index is 6.10. The molecule has 0 saturated carbocycles. The summed E-state index contributed by atoms with van der Waals surface area (Å²) >= 11 is 0. The molecule has 3 N–H and O–H groups in total. The summed E-state index contributed by atoms with van der Waals surface area (Å²) in [6, 6.07) is 8.34. The van der Waals surface area contributed by atoms with Gasteiger partial charge in [-0.15, -0.1) is 24.0 Å². The van der Waals surface area contributed by atoms with Crippen molar-refractivity contribution < 1.29 is 4.74 Å². The highest BCUT2D eigenvalue weighted by Gasteiger charge is 2.35. The summed E-state index contributed by atoms with van der Waals surface area (Å²) < 4.78 is 6.02. The van der Waals surface area contributed by atoms with Crippen molar-refractivity contribution in [3.63, 3.8) is 0 Å². The van der Waals surface area contributed by atoms with Crippen molar-refractivity contribution in [2.24, 2.45) is 22.1 Å². The molecule has 1 aromatic rings. The molecule has 0 aliphatic carbocycles. The quantitative estimate of drug-likeness (QED) is 0.379. The molecule has 0 bridgehead atoms. The van der Waals surface area contributed by atoms with E-state index in [1.165, 1.54) is 5.56 Å². The third kappa shape index (κ3) is 6.77. The van der Waals surface area contributed by atoms with Crippen molar-refractivity contribution in [1.82, 2.24) is 0 Å². The molecule has 2 rings (SSSR count). The highest BCUT2D eigenvalue weighted by Crippen LogP contribution is 2.34. The number of benzene rings is 1. The summed E-state index contributed by atoms with van der Waals surface area (Å²) in [6.07, 6.45) is 2.50. The fourth-order valence-corrected chi connectivity index (χ4v) is 3.37. The molecule has 1 aromatic carbocycles. The third-order valence-electron chi connectivity index (χ3n) is 4.62. The maximum Gasteiger partial charge on any atom is 0.193 e. The zero-order chi connectivity index (χ0) is 17.7. The molecule has 25 heavy (non-hydrogen) atoms. The van der Waals surface area contributed by atoms with Gasteiger partial charge >= 0.3 is 0 Å². The molecule has 1 aliphatic rings. The largest absolute Gasteiger partial charge is 0.377 e. The number of anilines is 1. The number of guanidine groups is 1. The minimum absolute atomic E-state index is 0. The Morgan fingerprint density at radius 1 is 1.36 bits per heavy atom. The lowest BCUT2D eigenvalue weighted by Crippen LogP contribution is -2.41. The molecule has 1 saturated heterocycles. The Morgan fingerprint density at radius 3 is 2.72 bits per heavy atom. The number of ether oxygens (including phenoxy) is 1. The minimum atomic E-state index is 0. The molecular formula is C20H34IN3O. The standard InChI is InChI=1S/C20H33N3O.HI/c1-14(2)15-8-6-10-17(12-15)23-19(21)22-13-16-9-7-11-24-18(16)20(3,4)5;/h6,8,10,12,14,16,18H,7,9,11,13H2,1-5H3,(H3,21,22,23);1H. The van der Waals surface area contributed by atoms with E-state index >= 15 is 0 Å². The molecule has 0 spiro atoms. The molecule has 1 aliphatic heterocycles. The maximum absolute atomic E-state index is 6.10. The molecule has 5 heteroatoms. The Labute approximate surface area is 170 Å². The fraction of sp³-hybridized carbons (Fsp3) is 0.650. The number of hydrogen-bond donors (Lipinski definition) is 2. The Morgan fingerprint density at radius 2 is 2.08 bits per heavy atom. The zero-order valence-corrected chi connectivity index (χ0v) is 18.5. The van der Waals surface area contributed by atoms with E-state index in [4.69, 9.17) is 10.5 Å². The second-order valence-electron chi connectivity index (χ2n) is 8.19. The summed E-state index contributed by atoms with van der Waals surface area (Å²) in [4.78, 5) is 4.58. The van der Waals surface area contributed by atoms with Crippen molar-refractivity contribution in [3.8, 4) is 0 Å². The molecule has 2 atom stereocenters. The van der Waals surface area contributed by atoms with E-state index in [0.29, 0.717) is 24.3 Å². The van der Waals surface area contributed by atoms with Gasteiger partial charge in [0, 0.05) is 24.8 Å². The number of halogens is 1. The number of rotatable bonds is 4. The van der Waals surface area contributed by atoms with Crippen LogP contribution in [0.25, 0.3) is 0 Å². The van der Waals surface area contributed by atoms with Gasteiger partial charge in [-0.3, -0.25) is 4.99 Å². The minimum Gasteiger partial charge on any atom is -0.377 e. The van der Waals surface area contributed by atoms with Crippen LogP contribution in [0.5, 0.6) is 0 Å². The first-order chi connectivity index (χ1) is 11.3. The van der Waals surface area contributed by atoms with E-state index in [1.54, 1.807) is 0 Å². The van der Waals surface area contributed by atoms with Gasteiger partial charge in [-0.2, -0.15) is 0 Å². The topological polar surface area (TPSA) is 59.6 Å². The molecule has 0 amide bonds. The molecule has 4 nitrogen and oxygen atoms in total. The van der Waals surface area contributed by atoms with Crippen molar-refractivity contribution in [2.75, 3.05) is 18.5 Å². The van der Waals surface area contributed by atoms with Gasteiger partial charge in [0.1, 0.15) is 0 Å². The molecule has 0 radical (unpaired) electrons. The van der Waals surface area contributed by atoms with Crippen molar-refractivity contribution in [1.29, 1.82) is 0 Å². The lowest BCUT2D eigenvalue weighted by molar-refractivity contribution is -0.0823. The fourth-order valence-electron chi connectivity index (χ4n) is 3.37. The van der Waals surface area contributed by atoms with Gasteiger partial charge in [0.05, 0.1) is 6.10 Å². The summed E-state index contributed by atoms with van der Waals surface area (Å²) in [5.41, 5.74) is 8.52. The van der Waals surface area contributed by atoms with E-state index in [-0.39, 0.29) is 35.5 Å². The number of nitrogens with one attached hydrogen (secondary N) is 1. The molecule has 1 heterocycles. The molecule has 2 unspecified atom stereocenters. The third-order valence-corrected chi connectivity index (χ3v) is 4.62. The smallest absolute Gasteiger partial charge is 0.193 e. The lowest BCUT2D eigenvalue weighted by Gasteiger charge is -2.39. The van der Waals surface area contributed by atoms with Crippen LogP contribution in [0.2, 0.25) is 0 Å². The Hall–Kier alpha value is -0.820. The van der Waals surface area contributed by atoms with E-state index in [0.717, 1.165) is 25.1 Å². The van der Waals surface area contributed by atoms with Crippen LogP contribution in [0.4, 0.5) is 5.69 Å². The van der Waals surface area contributed by atoms with Crippen molar-refractivity contribution in [2.45, 2.75) is 59.5 Å². The first-order valence-corrected chi connectivity index (χ1v) is 9.06. The Kier molecular flexibility index (Phi) is 8.68. The predicted octanol–water partition coefficient (Wildman–Crippen LogP) is 5.00. The van der Waals surface area contributed by atoms with Crippen LogP contribution in [0, 0.1) is 11.3 Å². The SMILES string of the molecule is CC(C)c1cccc(NC(N)=NCC2CCCOC2C(C)(C)C)c1.I. The summed E-state index contributed by atoms with van der Waals surface area (Å²) in [6.45, 7) is 12.7. The van der Waals surface area contributed by atoms with Crippen LogP contribution < -0.4 is 11.1 Å². The van der Waals surface area contributed by atoms with Crippen molar-refractivity contribution >= 4 is 35.6 Å². The van der Waals surface area contributed by atoms with Crippen LogP contribution in [0.3, 0.4) is 0 Å². The van der Waals surface area contributed by atoms with Crippen LogP contribution >= 0.6 is 24.0 Å². The molecule has 0 aromatic heterocycles. The Balaban J connectivity index is 0.00000312. The van der Waals surface area contributed by atoms with Crippen LogP contribution in [-0.2, 0) is 4.74 Å². The second kappa shape index (κ2) is 9.76. The van der Waals surface area contributed by atoms with Gasteiger partial charge in [-0.25, -0.2) is 0 Å². The highest BCUT2D eigenvalue weighted by molar-refractivity contribution is 14.0. The van der Waals surface area contributed by atoms with Crippen molar-refractivity contribution in [3.05, 3.63) is 29.8 Å².